The Kier molecular flexibility index (Phi) is 5.18. The van der Waals surface area contributed by atoms with E-state index in [1.807, 2.05) is 0 Å². The molecule has 2 aromatic rings. The normalized spacial score (nSPS) is 10.3. The van der Waals surface area contributed by atoms with Crippen molar-refractivity contribution in [3.8, 4) is 0 Å². The molecule has 0 bridgehead atoms. The molecule has 0 atom stereocenters. The summed E-state index contributed by atoms with van der Waals surface area (Å²) in [5.74, 6) is -1.74. The predicted molar refractivity (Wildman–Crippen MR) is 90.7 cm³/mol. The van der Waals surface area contributed by atoms with Crippen molar-refractivity contribution in [2.45, 2.75) is 13.5 Å². The van der Waals surface area contributed by atoms with E-state index in [-0.39, 0.29) is 0 Å². The molecule has 25 heavy (non-hydrogen) atoms. The third-order valence-electron chi connectivity index (χ3n) is 3.32. The van der Waals surface area contributed by atoms with Crippen LogP contribution < -0.4 is 16.6 Å². The van der Waals surface area contributed by atoms with Gasteiger partial charge in [-0.1, -0.05) is 17.7 Å². The lowest BCUT2D eigenvalue weighted by atomic mass is 10.2. The first-order valence-electron chi connectivity index (χ1n) is 6.93. The summed E-state index contributed by atoms with van der Waals surface area (Å²) in [6.07, 6.45) is 0.872. The van der Waals surface area contributed by atoms with Crippen molar-refractivity contribution in [3.05, 3.63) is 67.1 Å². The van der Waals surface area contributed by atoms with Gasteiger partial charge in [-0.2, -0.15) is 0 Å². The number of anilines is 1. The number of nitro groups is 1. The lowest BCUT2D eigenvalue weighted by Gasteiger charge is -2.09. The molecule has 2 amide bonds. The van der Waals surface area contributed by atoms with Crippen LogP contribution in [0.25, 0.3) is 0 Å². The average molecular weight is 365 g/mol. The van der Waals surface area contributed by atoms with Crippen molar-refractivity contribution in [2.75, 3.05) is 5.32 Å². The number of carbonyl (C=O) groups excluding carboxylic acids is 2. The maximum atomic E-state index is 12.1. The molecule has 2 rings (SSSR count). The van der Waals surface area contributed by atoms with Crippen molar-refractivity contribution in [2.24, 2.45) is 5.73 Å². The monoisotopic (exact) mass is 364 g/mol. The summed E-state index contributed by atoms with van der Waals surface area (Å²) >= 11 is 5.96. The van der Waals surface area contributed by atoms with Crippen LogP contribution >= 0.6 is 11.6 Å². The zero-order valence-electron chi connectivity index (χ0n) is 13.0. The van der Waals surface area contributed by atoms with E-state index < -0.39 is 40.1 Å². The molecule has 9 nitrogen and oxygen atoms in total. The number of hydrogen-bond donors (Lipinski definition) is 2. The Morgan fingerprint density at radius 1 is 1.36 bits per heavy atom. The third-order valence-corrected chi connectivity index (χ3v) is 3.72. The minimum absolute atomic E-state index is 0.397. The molecule has 0 saturated carbocycles. The SMILES string of the molecule is Cc1ccc(NC(=O)Cn2cc([N+](=O)[O-])cc(C(N)=O)c2=O)cc1Cl. The Bertz CT molecular complexity index is 938. The van der Waals surface area contributed by atoms with Gasteiger partial charge in [0.05, 0.1) is 11.1 Å². The summed E-state index contributed by atoms with van der Waals surface area (Å²) in [5, 5.41) is 13.9. The van der Waals surface area contributed by atoms with Crippen molar-refractivity contribution in [1.82, 2.24) is 4.57 Å². The first kappa shape index (κ1) is 18.1. The highest BCUT2D eigenvalue weighted by atomic mass is 35.5. The predicted octanol–water partition coefficient (Wildman–Crippen LogP) is 1.46. The molecule has 1 aromatic carbocycles. The summed E-state index contributed by atoms with van der Waals surface area (Å²) in [6, 6.07) is 5.62. The number of nitrogens with one attached hydrogen (secondary N) is 1. The molecule has 0 unspecified atom stereocenters. The number of pyridine rings is 1. The highest BCUT2D eigenvalue weighted by molar-refractivity contribution is 6.31. The van der Waals surface area contributed by atoms with Gasteiger partial charge in [-0.3, -0.25) is 29.1 Å². The zero-order valence-corrected chi connectivity index (χ0v) is 13.7. The van der Waals surface area contributed by atoms with Gasteiger partial charge in [0.15, 0.2) is 0 Å². The van der Waals surface area contributed by atoms with Gasteiger partial charge >= 0.3 is 0 Å². The molecule has 3 N–H and O–H groups in total. The average Bonchev–Trinajstić information content (AvgIpc) is 2.52. The summed E-state index contributed by atoms with van der Waals surface area (Å²) in [7, 11) is 0. The highest BCUT2D eigenvalue weighted by Gasteiger charge is 2.18. The topological polar surface area (TPSA) is 137 Å². The first-order chi connectivity index (χ1) is 11.7. The molecule has 1 aromatic heterocycles. The van der Waals surface area contributed by atoms with Crippen LogP contribution in [-0.4, -0.2) is 21.3 Å². The van der Waals surface area contributed by atoms with E-state index >= 15 is 0 Å². The van der Waals surface area contributed by atoms with Gasteiger partial charge in [-0.05, 0) is 24.6 Å². The number of rotatable bonds is 5. The van der Waals surface area contributed by atoms with Crippen LogP contribution in [0.2, 0.25) is 5.02 Å². The van der Waals surface area contributed by atoms with Crippen LogP contribution in [0.4, 0.5) is 11.4 Å². The van der Waals surface area contributed by atoms with Crippen LogP contribution in [0.15, 0.2) is 35.3 Å². The Labute approximate surface area is 146 Å². The number of primary amides is 1. The van der Waals surface area contributed by atoms with E-state index in [4.69, 9.17) is 17.3 Å². The lowest BCUT2D eigenvalue weighted by Crippen LogP contribution is -2.33. The minimum Gasteiger partial charge on any atom is -0.365 e. The van der Waals surface area contributed by atoms with Gasteiger partial charge in [0.2, 0.25) is 5.91 Å². The van der Waals surface area contributed by atoms with Crippen molar-refractivity contribution in [3.63, 3.8) is 0 Å². The molecule has 0 radical (unpaired) electrons. The molecule has 0 aliphatic rings. The van der Waals surface area contributed by atoms with Gasteiger partial charge in [0, 0.05) is 16.8 Å². The minimum atomic E-state index is -1.12. The fraction of sp³-hybridized carbons (Fsp3) is 0.133. The van der Waals surface area contributed by atoms with Gasteiger partial charge < -0.3 is 11.1 Å². The van der Waals surface area contributed by atoms with E-state index in [9.17, 15) is 24.5 Å². The maximum absolute atomic E-state index is 12.1. The van der Waals surface area contributed by atoms with Gasteiger partial charge in [0.1, 0.15) is 12.1 Å². The van der Waals surface area contributed by atoms with Crippen LogP contribution in [0.1, 0.15) is 15.9 Å². The van der Waals surface area contributed by atoms with Crippen LogP contribution in [0.5, 0.6) is 0 Å². The fourth-order valence-electron chi connectivity index (χ4n) is 2.04. The molecular weight excluding hydrogens is 352 g/mol. The number of hydrogen-bond acceptors (Lipinski definition) is 5. The number of aromatic nitrogens is 1. The largest absolute Gasteiger partial charge is 0.365 e. The molecule has 0 spiro atoms. The van der Waals surface area contributed by atoms with Gasteiger partial charge in [-0.15, -0.1) is 0 Å². The highest BCUT2D eigenvalue weighted by Crippen LogP contribution is 2.20. The number of benzene rings is 1. The number of halogens is 1. The first-order valence-corrected chi connectivity index (χ1v) is 7.31. The standard InChI is InChI=1S/C15H13ClN4O5/c1-8-2-3-9(4-12(8)16)18-13(21)7-19-6-10(20(24)25)5-11(14(17)22)15(19)23/h2-6H,7H2,1H3,(H2,17,22)(H,18,21). The number of amides is 2. The van der Waals surface area contributed by atoms with E-state index in [2.05, 4.69) is 5.32 Å². The molecule has 0 fully saturated rings. The summed E-state index contributed by atoms with van der Waals surface area (Å²) in [4.78, 5) is 45.6. The van der Waals surface area contributed by atoms with Gasteiger partial charge in [-0.25, -0.2) is 0 Å². The smallest absolute Gasteiger partial charge is 0.286 e. The summed E-state index contributed by atoms with van der Waals surface area (Å²) in [5.41, 5.74) is 4.27. The number of nitrogens with two attached hydrogens (primary N) is 1. The van der Waals surface area contributed by atoms with Crippen molar-refractivity contribution >= 4 is 34.8 Å². The van der Waals surface area contributed by atoms with Crippen molar-refractivity contribution < 1.29 is 14.5 Å². The Morgan fingerprint density at radius 2 is 2.04 bits per heavy atom. The van der Waals surface area contributed by atoms with Crippen molar-refractivity contribution in [1.29, 1.82) is 0 Å². The third kappa shape index (κ3) is 4.21. The zero-order chi connectivity index (χ0) is 18.7. The molecule has 1 heterocycles. The Balaban J connectivity index is 2.30. The second-order valence-electron chi connectivity index (χ2n) is 5.18. The molecular formula is C15H13ClN4O5. The second-order valence-corrected chi connectivity index (χ2v) is 5.59. The van der Waals surface area contributed by atoms with Crippen LogP contribution in [-0.2, 0) is 11.3 Å². The number of nitrogens with zero attached hydrogens (tertiary/aromatic N) is 2. The lowest BCUT2D eigenvalue weighted by molar-refractivity contribution is -0.385. The summed E-state index contributed by atoms with van der Waals surface area (Å²) < 4.78 is 0.753. The fourth-order valence-corrected chi connectivity index (χ4v) is 2.22. The molecule has 0 aliphatic heterocycles. The van der Waals surface area contributed by atoms with Gasteiger partial charge in [0.25, 0.3) is 17.2 Å². The number of aryl methyl sites for hydroxylation is 1. The summed E-state index contributed by atoms with van der Waals surface area (Å²) in [6.45, 7) is 1.26. The van der Waals surface area contributed by atoms with Crippen LogP contribution in [0.3, 0.4) is 0 Å². The molecule has 130 valence electrons. The molecule has 10 heteroatoms. The van der Waals surface area contributed by atoms with E-state index in [0.29, 0.717) is 10.7 Å². The van der Waals surface area contributed by atoms with E-state index in [0.717, 1.165) is 22.4 Å². The van der Waals surface area contributed by atoms with E-state index in [1.165, 1.54) is 6.07 Å². The van der Waals surface area contributed by atoms with E-state index in [1.54, 1.807) is 19.1 Å². The Morgan fingerprint density at radius 3 is 2.60 bits per heavy atom. The molecule has 0 saturated heterocycles. The maximum Gasteiger partial charge on any atom is 0.286 e. The second kappa shape index (κ2) is 7.14. The number of carbonyl (C=O) groups is 2. The van der Waals surface area contributed by atoms with Crippen LogP contribution in [0, 0.1) is 17.0 Å². The Hall–Kier alpha value is -3.20. The quantitative estimate of drug-likeness (QED) is 0.611. The molecule has 0 aliphatic carbocycles.